The minimum absolute atomic E-state index is 0.00585. The average Bonchev–Trinajstić information content (AvgIpc) is 3.42. The van der Waals surface area contributed by atoms with Gasteiger partial charge in [0.25, 0.3) is 6.71 Å². The van der Waals surface area contributed by atoms with E-state index in [1.165, 1.54) is 89.5 Å². The van der Waals surface area contributed by atoms with Crippen LogP contribution in [0.15, 0.2) is 84.9 Å². The number of rotatable bonds is 2. The highest BCUT2D eigenvalue weighted by Crippen LogP contribution is 2.55. The molecule has 0 atom stereocenters. The van der Waals surface area contributed by atoms with Crippen LogP contribution < -0.4 is 26.2 Å². The lowest BCUT2D eigenvalue weighted by Crippen LogP contribution is -2.62. The van der Waals surface area contributed by atoms with Crippen molar-refractivity contribution in [1.29, 1.82) is 0 Å². The van der Waals surface area contributed by atoms with Crippen LogP contribution in [-0.4, -0.2) is 6.71 Å². The summed E-state index contributed by atoms with van der Waals surface area (Å²) in [6, 6.07) is 34.8. The van der Waals surface area contributed by atoms with Gasteiger partial charge < -0.3 is 9.80 Å². The molecule has 306 valence electrons. The summed E-state index contributed by atoms with van der Waals surface area (Å²) in [5.74, 6) is 0. The first-order valence-corrected chi connectivity index (χ1v) is 22.5. The molecule has 2 aliphatic carbocycles. The van der Waals surface area contributed by atoms with Gasteiger partial charge in [-0.2, -0.15) is 0 Å². The molecule has 2 heterocycles. The first-order valence-electron chi connectivity index (χ1n) is 22.5. The molecule has 3 heteroatoms. The second-order valence-electron chi connectivity index (χ2n) is 24.7. The lowest BCUT2D eigenvalue weighted by molar-refractivity contribution is 0.403. The van der Waals surface area contributed by atoms with Crippen LogP contribution in [-0.2, 0) is 37.9 Å². The number of nitrogens with zero attached hydrogens (tertiary/aromatic N) is 2. The summed E-state index contributed by atoms with van der Waals surface area (Å²) >= 11 is 0. The van der Waals surface area contributed by atoms with E-state index in [1.807, 2.05) is 0 Å². The maximum Gasteiger partial charge on any atom is 0.252 e. The van der Waals surface area contributed by atoms with Crippen molar-refractivity contribution < 1.29 is 0 Å². The molecule has 0 saturated carbocycles. The summed E-state index contributed by atoms with van der Waals surface area (Å²) < 4.78 is 0. The van der Waals surface area contributed by atoms with Gasteiger partial charge in [0, 0.05) is 34.1 Å². The molecule has 0 unspecified atom stereocenters. The largest absolute Gasteiger partial charge is 0.311 e. The van der Waals surface area contributed by atoms with E-state index >= 15 is 0 Å². The van der Waals surface area contributed by atoms with Crippen molar-refractivity contribution in [2.24, 2.45) is 0 Å². The molecule has 9 rings (SSSR count). The zero-order chi connectivity index (χ0) is 42.8. The van der Waals surface area contributed by atoms with Crippen LogP contribution in [0, 0.1) is 0 Å². The van der Waals surface area contributed by atoms with Crippen molar-refractivity contribution >= 4 is 57.2 Å². The average molecular weight is 781 g/mol. The van der Waals surface area contributed by atoms with Crippen LogP contribution in [0.2, 0.25) is 0 Å². The van der Waals surface area contributed by atoms with Crippen molar-refractivity contribution in [3.05, 3.63) is 124 Å². The maximum atomic E-state index is 2.70. The topological polar surface area (TPSA) is 6.48 Å². The van der Waals surface area contributed by atoms with E-state index in [-0.39, 0.29) is 44.6 Å². The SMILES string of the molecule is CC(C)(C)c1ccc(N2c3ccc(C(C)(C)C)cc3B3c4cc5c(cc4N(c4ccc6c(c4)C(C)(C)CC6(C)C)c4cc(C(C)(C)C)cc2c43)C(C)(C)CC5(C)C)cc1. The Bertz CT molecular complexity index is 2560. The number of anilines is 6. The molecule has 0 bridgehead atoms. The zero-order valence-corrected chi connectivity index (χ0v) is 39.5. The standard InChI is InChI=1S/C56H69BN2/c1-50(2,3)34-18-21-37(22-19-34)58-45-25-20-35(51(4,5)6)26-43(45)57-44-30-41-42(56(16,17)33-55(41,14)15)31-46(44)59(48-28-36(52(7,8)9)27-47(58)49(48)57)38-23-24-39-40(29-38)54(12,13)32-53(39,10)11/h18-31H,32-33H2,1-17H3. The zero-order valence-electron chi connectivity index (χ0n) is 39.5. The molecule has 0 N–H and O–H groups in total. The van der Waals surface area contributed by atoms with Crippen LogP contribution in [0.5, 0.6) is 0 Å². The van der Waals surface area contributed by atoms with Crippen LogP contribution in [0.4, 0.5) is 34.1 Å². The summed E-state index contributed by atoms with van der Waals surface area (Å²) in [5, 5.41) is 0. The van der Waals surface area contributed by atoms with Gasteiger partial charge in [0.1, 0.15) is 0 Å². The highest BCUT2D eigenvalue weighted by Gasteiger charge is 2.49. The van der Waals surface area contributed by atoms with E-state index in [2.05, 4.69) is 212 Å². The van der Waals surface area contributed by atoms with Gasteiger partial charge in [0.2, 0.25) is 0 Å². The molecule has 2 aliphatic heterocycles. The summed E-state index contributed by atoms with van der Waals surface area (Å²) in [6.07, 6.45) is 2.29. The Kier molecular flexibility index (Phi) is 8.31. The minimum atomic E-state index is -0.0704. The molecule has 2 nitrogen and oxygen atoms in total. The number of hydrogen-bond acceptors (Lipinski definition) is 2. The van der Waals surface area contributed by atoms with Gasteiger partial charge in [-0.25, -0.2) is 0 Å². The Morgan fingerprint density at radius 1 is 0.390 bits per heavy atom. The van der Waals surface area contributed by atoms with E-state index in [1.54, 1.807) is 0 Å². The van der Waals surface area contributed by atoms with Gasteiger partial charge >= 0.3 is 0 Å². The predicted octanol–water partition coefficient (Wildman–Crippen LogP) is 13.6. The fourth-order valence-electron chi connectivity index (χ4n) is 12.1. The second kappa shape index (κ2) is 12.2. The molecule has 0 spiro atoms. The molecule has 59 heavy (non-hydrogen) atoms. The third kappa shape index (κ3) is 6.09. The van der Waals surface area contributed by atoms with Gasteiger partial charge in [0.05, 0.1) is 0 Å². The highest BCUT2D eigenvalue weighted by atomic mass is 15.2. The first kappa shape index (κ1) is 40.2. The van der Waals surface area contributed by atoms with Crippen molar-refractivity contribution in [1.82, 2.24) is 0 Å². The minimum Gasteiger partial charge on any atom is -0.311 e. The maximum absolute atomic E-state index is 2.70. The number of hydrogen-bond donors (Lipinski definition) is 0. The Labute approximate surface area is 357 Å². The molecule has 0 fully saturated rings. The van der Waals surface area contributed by atoms with Crippen LogP contribution in [0.1, 0.15) is 169 Å². The fraction of sp³-hybridized carbons (Fsp3) is 0.464. The van der Waals surface area contributed by atoms with Gasteiger partial charge in [-0.1, -0.05) is 154 Å². The second-order valence-corrected chi connectivity index (χ2v) is 24.7. The Morgan fingerprint density at radius 3 is 1.37 bits per heavy atom. The van der Waals surface area contributed by atoms with Gasteiger partial charge in [0.15, 0.2) is 0 Å². The number of fused-ring (bicyclic) bond motifs is 6. The van der Waals surface area contributed by atoms with E-state index in [0.29, 0.717) is 0 Å². The quantitative estimate of drug-likeness (QED) is 0.161. The third-order valence-electron chi connectivity index (χ3n) is 14.9. The van der Waals surface area contributed by atoms with Crippen molar-refractivity contribution in [2.75, 3.05) is 9.80 Å². The van der Waals surface area contributed by atoms with Gasteiger partial charge in [-0.05, 0) is 155 Å². The fourth-order valence-corrected chi connectivity index (χ4v) is 12.1. The van der Waals surface area contributed by atoms with Crippen LogP contribution in [0.3, 0.4) is 0 Å². The van der Waals surface area contributed by atoms with E-state index in [9.17, 15) is 0 Å². The smallest absolute Gasteiger partial charge is 0.252 e. The highest BCUT2D eigenvalue weighted by molar-refractivity contribution is 7.00. The summed E-state index contributed by atoms with van der Waals surface area (Å²) in [6.45, 7) is 40.9. The summed E-state index contributed by atoms with van der Waals surface area (Å²) in [4.78, 5) is 5.31. The predicted molar refractivity (Wildman–Crippen MR) is 258 cm³/mol. The monoisotopic (exact) mass is 781 g/mol. The molecule has 0 aromatic heterocycles. The molecule has 5 aromatic rings. The van der Waals surface area contributed by atoms with Gasteiger partial charge in [-0.15, -0.1) is 0 Å². The Morgan fingerprint density at radius 2 is 0.831 bits per heavy atom. The Hall–Kier alpha value is -4.24. The molecule has 0 radical (unpaired) electrons. The molecule has 0 saturated heterocycles. The molecule has 4 aliphatic rings. The van der Waals surface area contributed by atoms with E-state index in [4.69, 9.17) is 0 Å². The van der Waals surface area contributed by atoms with Crippen LogP contribution >= 0.6 is 0 Å². The first-order chi connectivity index (χ1) is 27.1. The molecule has 5 aromatic carbocycles. The van der Waals surface area contributed by atoms with Crippen molar-refractivity contribution in [2.45, 2.75) is 168 Å². The lowest BCUT2D eigenvalue weighted by atomic mass is 9.33. The summed E-state index contributed by atoms with van der Waals surface area (Å²) in [5.41, 5.74) is 22.5. The normalized spacial score (nSPS) is 19.2. The Balaban J connectivity index is 1.43. The van der Waals surface area contributed by atoms with Gasteiger partial charge in [-0.3, -0.25) is 0 Å². The molecule has 0 amide bonds. The molecular formula is C56H69BN2. The van der Waals surface area contributed by atoms with Crippen molar-refractivity contribution in [3.63, 3.8) is 0 Å². The van der Waals surface area contributed by atoms with E-state index in [0.717, 1.165) is 12.8 Å². The number of benzene rings is 5. The lowest BCUT2D eigenvalue weighted by Gasteiger charge is -2.46. The van der Waals surface area contributed by atoms with Crippen LogP contribution in [0.25, 0.3) is 0 Å². The summed E-state index contributed by atoms with van der Waals surface area (Å²) in [7, 11) is 0. The molecular weight excluding hydrogens is 711 g/mol. The third-order valence-corrected chi connectivity index (χ3v) is 14.9. The van der Waals surface area contributed by atoms with E-state index < -0.39 is 0 Å². The van der Waals surface area contributed by atoms with Crippen molar-refractivity contribution in [3.8, 4) is 0 Å².